The second-order valence-corrected chi connectivity index (χ2v) is 5.95. The van der Waals surface area contributed by atoms with Crippen molar-refractivity contribution in [3.63, 3.8) is 0 Å². The fraction of sp³-hybridized carbons (Fsp3) is 0.562. The Hall–Kier alpha value is -1.51. The zero-order valence-corrected chi connectivity index (χ0v) is 12.5. The van der Waals surface area contributed by atoms with Crippen LogP contribution in [0.4, 0.5) is 5.69 Å². The number of rotatable bonds is 6. The third kappa shape index (κ3) is 6.27. The van der Waals surface area contributed by atoms with Gasteiger partial charge in [0.1, 0.15) is 0 Å². The van der Waals surface area contributed by atoms with Gasteiger partial charge in [-0.15, -0.1) is 0 Å². The van der Waals surface area contributed by atoms with E-state index in [0.717, 1.165) is 25.1 Å². The van der Waals surface area contributed by atoms with E-state index in [4.69, 9.17) is 4.74 Å². The summed E-state index contributed by atoms with van der Waals surface area (Å²) in [5.41, 5.74) is 1.97. The first kappa shape index (κ1) is 15.5. The Morgan fingerprint density at radius 1 is 1.21 bits per heavy atom. The summed E-state index contributed by atoms with van der Waals surface area (Å²) in [6, 6.07) is 7.45. The number of hydrogen-bond donors (Lipinski definition) is 1. The van der Waals surface area contributed by atoms with Crippen molar-refractivity contribution in [1.82, 2.24) is 0 Å². The number of hydrogen-bond acceptors (Lipinski definition) is 3. The Bertz CT molecular complexity index is 390. The van der Waals surface area contributed by atoms with Gasteiger partial charge in [-0.05, 0) is 42.5 Å². The summed E-state index contributed by atoms with van der Waals surface area (Å²) in [4.78, 5) is 11.6. The standard InChI is InChI=1S/C16H25NO2/c1-5-12-19-15(18)13-6-8-14(9-7-13)17-11-10-16(2,3)4/h6-9,17H,5,10-12H2,1-4H3. The van der Waals surface area contributed by atoms with Crippen LogP contribution in [0, 0.1) is 5.41 Å². The molecule has 3 nitrogen and oxygen atoms in total. The fourth-order valence-corrected chi connectivity index (χ4v) is 1.58. The van der Waals surface area contributed by atoms with Gasteiger partial charge in [0.2, 0.25) is 0 Å². The zero-order chi connectivity index (χ0) is 14.3. The maximum absolute atomic E-state index is 11.6. The van der Waals surface area contributed by atoms with Gasteiger partial charge in [0.05, 0.1) is 12.2 Å². The molecular formula is C16H25NO2. The van der Waals surface area contributed by atoms with Crippen LogP contribution in [0.1, 0.15) is 50.9 Å². The Morgan fingerprint density at radius 2 is 1.84 bits per heavy atom. The summed E-state index contributed by atoms with van der Waals surface area (Å²) in [7, 11) is 0. The number of ether oxygens (including phenoxy) is 1. The molecular weight excluding hydrogens is 238 g/mol. The number of carbonyl (C=O) groups is 1. The van der Waals surface area contributed by atoms with Crippen LogP contribution in [0.5, 0.6) is 0 Å². The first-order valence-corrected chi connectivity index (χ1v) is 6.93. The number of esters is 1. The molecule has 0 fully saturated rings. The molecule has 0 aliphatic heterocycles. The van der Waals surface area contributed by atoms with E-state index in [2.05, 4.69) is 26.1 Å². The molecule has 1 N–H and O–H groups in total. The lowest BCUT2D eigenvalue weighted by atomic mass is 9.92. The highest BCUT2D eigenvalue weighted by molar-refractivity contribution is 5.89. The molecule has 19 heavy (non-hydrogen) atoms. The molecule has 1 aromatic carbocycles. The molecule has 0 saturated heterocycles. The van der Waals surface area contributed by atoms with Gasteiger partial charge in [0.25, 0.3) is 0 Å². The summed E-state index contributed by atoms with van der Waals surface area (Å²) in [5, 5.41) is 3.36. The molecule has 0 bridgehead atoms. The second-order valence-electron chi connectivity index (χ2n) is 5.95. The molecule has 0 aliphatic rings. The molecule has 0 unspecified atom stereocenters. The lowest BCUT2D eigenvalue weighted by molar-refractivity contribution is 0.0505. The van der Waals surface area contributed by atoms with Gasteiger partial charge >= 0.3 is 5.97 Å². The number of benzene rings is 1. The Balaban J connectivity index is 2.45. The predicted octanol–water partition coefficient (Wildman–Crippen LogP) is 4.10. The van der Waals surface area contributed by atoms with Crippen molar-refractivity contribution in [2.75, 3.05) is 18.5 Å². The van der Waals surface area contributed by atoms with Crippen LogP contribution in [-0.2, 0) is 4.74 Å². The Kier molecular flexibility index (Phi) is 5.87. The summed E-state index contributed by atoms with van der Waals surface area (Å²) in [6.07, 6.45) is 1.95. The van der Waals surface area contributed by atoms with Crippen LogP contribution in [0.3, 0.4) is 0 Å². The van der Waals surface area contributed by atoms with E-state index in [1.807, 2.05) is 19.1 Å². The highest BCUT2D eigenvalue weighted by Crippen LogP contribution is 2.18. The Morgan fingerprint density at radius 3 is 2.37 bits per heavy atom. The van der Waals surface area contributed by atoms with Gasteiger partial charge in [-0.1, -0.05) is 27.7 Å². The summed E-state index contributed by atoms with van der Waals surface area (Å²) in [6.45, 7) is 10.1. The van der Waals surface area contributed by atoms with Crippen molar-refractivity contribution in [3.05, 3.63) is 29.8 Å². The molecule has 0 radical (unpaired) electrons. The molecule has 3 heteroatoms. The average Bonchev–Trinajstić information content (AvgIpc) is 2.35. The van der Waals surface area contributed by atoms with Crippen molar-refractivity contribution in [3.8, 4) is 0 Å². The maximum Gasteiger partial charge on any atom is 0.338 e. The largest absolute Gasteiger partial charge is 0.462 e. The highest BCUT2D eigenvalue weighted by Gasteiger charge is 2.09. The first-order valence-electron chi connectivity index (χ1n) is 6.93. The Labute approximate surface area is 116 Å². The van der Waals surface area contributed by atoms with Gasteiger partial charge in [-0.2, -0.15) is 0 Å². The normalized spacial score (nSPS) is 11.2. The molecule has 0 amide bonds. The minimum Gasteiger partial charge on any atom is -0.462 e. The molecule has 0 atom stereocenters. The van der Waals surface area contributed by atoms with Crippen molar-refractivity contribution < 1.29 is 9.53 Å². The van der Waals surface area contributed by atoms with E-state index < -0.39 is 0 Å². The molecule has 1 aromatic rings. The maximum atomic E-state index is 11.6. The second kappa shape index (κ2) is 7.17. The fourth-order valence-electron chi connectivity index (χ4n) is 1.58. The van der Waals surface area contributed by atoms with E-state index in [1.54, 1.807) is 12.1 Å². The average molecular weight is 263 g/mol. The summed E-state index contributed by atoms with van der Waals surface area (Å²) >= 11 is 0. The van der Waals surface area contributed by atoms with Crippen LogP contribution >= 0.6 is 0 Å². The molecule has 1 rings (SSSR count). The minimum absolute atomic E-state index is 0.247. The topological polar surface area (TPSA) is 38.3 Å². The minimum atomic E-state index is -0.247. The van der Waals surface area contributed by atoms with Crippen molar-refractivity contribution >= 4 is 11.7 Å². The lowest BCUT2D eigenvalue weighted by Gasteiger charge is -2.18. The lowest BCUT2D eigenvalue weighted by Crippen LogP contribution is -2.13. The van der Waals surface area contributed by atoms with E-state index in [0.29, 0.717) is 17.6 Å². The predicted molar refractivity (Wildman–Crippen MR) is 79.6 cm³/mol. The van der Waals surface area contributed by atoms with E-state index >= 15 is 0 Å². The van der Waals surface area contributed by atoms with Crippen LogP contribution in [0.2, 0.25) is 0 Å². The van der Waals surface area contributed by atoms with E-state index in [1.165, 1.54) is 0 Å². The van der Waals surface area contributed by atoms with Crippen LogP contribution in [0.25, 0.3) is 0 Å². The van der Waals surface area contributed by atoms with Gasteiger partial charge in [-0.3, -0.25) is 0 Å². The van der Waals surface area contributed by atoms with Gasteiger partial charge in [-0.25, -0.2) is 4.79 Å². The smallest absolute Gasteiger partial charge is 0.338 e. The van der Waals surface area contributed by atoms with Crippen LogP contribution < -0.4 is 5.32 Å². The third-order valence-corrected chi connectivity index (χ3v) is 2.76. The third-order valence-electron chi connectivity index (χ3n) is 2.76. The summed E-state index contributed by atoms with van der Waals surface area (Å²) in [5.74, 6) is -0.247. The zero-order valence-electron chi connectivity index (χ0n) is 12.5. The molecule has 0 aliphatic carbocycles. The van der Waals surface area contributed by atoms with Crippen molar-refractivity contribution in [2.24, 2.45) is 5.41 Å². The quantitative estimate of drug-likeness (QED) is 0.785. The van der Waals surface area contributed by atoms with Gasteiger partial charge in [0.15, 0.2) is 0 Å². The highest BCUT2D eigenvalue weighted by atomic mass is 16.5. The molecule has 106 valence electrons. The molecule has 0 heterocycles. The number of carbonyl (C=O) groups excluding carboxylic acids is 1. The monoisotopic (exact) mass is 263 g/mol. The van der Waals surface area contributed by atoms with E-state index in [-0.39, 0.29) is 5.97 Å². The van der Waals surface area contributed by atoms with Crippen LogP contribution in [0.15, 0.2) is 24.3 Å². The van der Waals surface area contributed by atoms with Crippen LogP contribution in [-0.4, -0.2) is 19.1 Å². The molecule has 0 aromatic heterocycles. The SMILES string of the molecule is CCCOC(=O)c1ccc(NCCC(C)(C)C)cc1. The van der Waals surface area contributed by atoms with Crippen molar-refractivity contribution in [2.45, 2.75) is 40.5 Å². The molecule has 0 saturated carbocycles. The summed E-state index contributed by atoms with van der Waals surface area (Å²) < 4.78 is 5.08. The first-order chi connectivity index (χ1) is 8.92. The molecule has 0 spiro atoms. The van der Waals surface area contributed by atoms with Gasteiger partial charge in [0, 0.05) is 12.2 Å². The van der Waals surface area contributed by atoms with Gasteiger partial charge < -0.3 is 10.1 Å². The number of nitrogens with one attached hydrogen (secondary N) is 1. The van der Waals surface area contributed by atoms with Crippen molar-refractivity contribution in [1.29, 1.82) is 0 Å². The number of anilines is 1. The van der Waals surface area contributed by atoms with E-state index in [9.17, 15) is 4.79 Å².